The van der Waals surface area contributed by atoms with Crippen LogP contribution in [-0.2, 0) is 14.6 Å². The lowest BCUT2D eigenvalue weighted by molar-refractivity contribution is -0.118. The van der Waals surface area contributed by atoms with Gasteiger partial charge < -0.3 is 11.1 Å². The van der Waals surface area contributed by atoms with Gasteiger partial charge in [0.05, 0.1) is 0 Å². The van der Waals surface area contributed by atoms with Crippen molar-refractivity contribution in [2.24, 2.45) is 11.7 Å². The van der Waals surface area contributed by atoms with E-state index in [0.29, 0.717) is 13.1 Å². The molecule has 0 aromatic carbocycles. The van der Waals surface area contributed by atoms with Crippen molar-refractivity contribution < 1.29 is 13.2 Å². The zero-order valence-electron chi connectivity index (χ0n) is 7.91. The number of hydrogen-bond acceptors (Lipinski definition) is 4. The Labute approximate surface area is 78.6 Å². The highest BCUT2D eigenvalue weighted by atomic mass is 32.2. The van der Waals surface area contributed by atoms with E-state index in [1.807, 2.05) is 6.92 Å². The van der Waals surface area contributed by atoms with Gasteiger partial charge in [-0.05, 0) is 12.5 Å². The Balaban J connectivity index is 3.77. The topological polar surface area (TPSA) is 89.3 Å². The van der Waals surface area contributed by atoms with Gasteiger partial charge >= 0.3 is 0 Å². The molecule has 78 valence electrons. The first kappa shape index (κ1) is 12.4. The molecule has 5 nitrogen and oxygen atoms in total. The predicted octanol–water partition coefficient (Wildman–Crippen LogP) is -1.26. The molecular weight excluding hydrogens is 192 g/mol. The monoisotopic (exact) mass is 208 g/mol. The maximum absolute atomic E-state index is 10.9. The lowest BCUT2D eigenvalue weighted by Gasteiger charge is -2.09. The maximum Gasteiger partial charge on any atom is 0.235 e. The minimum atomic E-state index is -3.22. The normalized spacial score (nSPS) is 13.8. The molecule has 0 fully saturated rings. The van der Waals surface area contributed by atoms with Crippen LogP contribution in [0, 0.1) is 5.92 Å². The number of sulfone groups is 1. The van der Waals surface area contributed by atoms with Crippen LogP contribution in [-0.4, -0.2) is 39.4 Å². The summed E-state index contributed by atoms with van der Waals surface area (Å²) in [7, 11) is -3.22. The Bertz CT molecular complexity index is 261. The highest BCUT2D eigenvalue weighted by molar-refractivity contribution is 7.91. The molecule has 1 amide bonds. The van der Waals surface area contributed by atoms with Crippen molar-refractivity contribution >= 4 is 15.7 Å². The summed E-state index contributed by atoms with van der Waals surface area (Å²) in [6.07, 6.45) is 1.03. The summed E-state index contributed by atoms with van der Waals surface area (Å²) in [5, 5.41) is 2.49. The molecule has 0 spiro atoms. The number of rotatable bonds is 5. The second-order valence-corrected chi connectivity index (χ2v) is 5.36. The van der Waals surface area contributed by atoms with Crippen molar-refractivity contribution in [1.29, 1.82) is 0 Å². The molecule has 0 saturated heterocycles. The van der Waals surface area contributed by atoms with Gasteiger partial charge in [-0.15, -0.1) is 0 Å². The molecule has 0 aliphatic heterocycles. The van der Waals surface area contributed by atoms with Gasteiger partial charge in [-0.2, -0.15) is 0 Å². The lowest BCUT2D eigenvalue weighted by atomic mass is 10.2. The fraction of sp³-hybridized carbons (Fsp3) is 0.857. The Hall–Kier alpha value is -0.620. The summed E-state index contributed by atoms with van der Waals surface area (Å²) in [6.45, 7) is 2.77. The zero-order chi connectivity index (χ0) is 10.5. The number of nitrogens with one attached hydrogen (secondary N) is 1. The van der Waals surface area contributed by atoms with Gasteiger partial charge in [0.25, 0.3) is 0 Å². The largest absolute Gasteiger partial charge is 0.355 e. The molecule has 0 aromatic rings. The van der Waals surface area contributed by atoms with E-state index in [9.17, 15) is 13.2 Å². The molecule has 0 bridgehead atoms. The molecular formula is C7H16N2O3S. The lowest BCUT2D eigenvalue weighted by Crippen LogP contribution is -2.34. The number of hydrogen-bond donors (Lipinski definition) is 2. The molecule has 1 atom stereocenters. The SMILES string of the molecule is CC(CN)CNC(=O)CS(C)(=O)=O. The molecule has 0 radical (unpaired) electrons. The fourth-order valence-corrected chi connectivity index (χ4v) is 1.24. The Morgan fingerprint density at radius 1 is 1.54 bits per heavy atom. The first-order valence-electron chi connectivity index (χ1n) is 3.99. The number of carbonyl (C=O) groups excluding carboxylic acids is 1. The van der Waals surface area contributed by atoms with Crippen molar-refractivity contribution in [3.8, 4) is 0 Å². The molecule has 0 aliphatic carbocycles. The summed E-state index contributed by atoms with van der Waals surface area (Å²) in [4.78, 5) is 10.9. The van der Waals surface area contributed by atoms with E-state index >= 15 is 0 Å². The molecule has 0 saturated carbocycles. The highest BCUT2D eigenvalue weighted by Crippen LogP contribution is 1.88. The van der Waals surface area contributed by atoms with Gasteiger partial charge in [0.15, 0.2) is 9.84 Å². The Kier molecular flexibility index (Phi) is 4.94. The molecule has 0 aliphatic rings. The van der Waals surface area contributed by atoms with Crippen molar-refractivity contribution in [2.75, 3.05) is 25.1 Å². The van der Waals surface area contributed by atoms with Crippen molar-refractivity contribution in [3.63, 3.8) is 0 Å². The Morgan fingerprint density at radius 3 is 2.46 bits per heavy atom. The van der Waals surface area contributed by atoms with Crippen LogP contribution in [0.4, 0.5) is 0 Å². The summed E-state index contributed by atoms with van der Waals surface area (Å²) >= 11 is 0. The van der Waals surface area contributed by atoms with Gasteiger partial charge in [0.1, 0.15) is 5.75 Å². The first-order valence-corrected chi connectivity index (χ1v) is 6.05. The molecule has 3 N–H and O–H groups in total. The molecule has 0 aromatic heterocycles. The van der Waals surface area contributed by atoms with Crippen LogP contribution in [0.2, 0.25) is 0 Å². The molecule has 0 heterocycles. The summed E-state index contributed by atoms with van der Waals surface area (Å²) in [5.41, 5.74) is 5.32. The standard InChI is InChI=1S/C7H16N2O3S/c1-6(3-8)4-9-7(10)5-13(2,11)12/h6H,3-5,8H2,1-2H3,(H,9,10). The Morgan fingerprint density at radius 2 is 2.08 bits per heavy atom. The van der Waals surface area contributed by atoms with E-state index in [0.717, 1.165) is 6.26 Å². The molecule has 0 rings (SSSR count). The van der Waals surface area contributed by atoms with E-state index < -0.39 is 21.5 Å². The third-order valence-corrected chi connectivity index (χ3v) is 2.23. The van der Waals surface area contributed by atoms with Gasteiger partial charge in [-0.1, -0.05) is 6.92 Å². The minimum absolute atomic E-state index is 0.170. The van der Waals surface area contributed by atoms with Gasteiger partial charge in [0.2, 0.25) is 5.91 Å². The van der Waals surface area contributed by atoms with Crippen LogP contribution in [0.15, 0.2) is 0 Å². The fourth-order valence-electron chi connectivity index (χ4n) is 0.661. The zero-order valence-corrected chi connectivity index (χ0v) is 8.73. The summed E-state index contributed by atoms with van der Waals surface area (Å²) in [5.74, 6) is -0.754. The predicted molar refractivity (Wildman–Crippen MR) is 50.9 cm³/mol. The smallest absolute Gasteiger partial charge is 0.235 e. The van der Waals surface area contributed by atoms with Crippen LogP contribution in [0.5, 0.6) is 0 Å². The molecule has 1 unspecified atom stereocenters. The van der Waals surface area contributed by atoms with Crippen LogP contribution in [0.25, 0.3) is 0 Å². The van der Waals surface area contributed by atoms with E-state index in [1.54, 1.807) is 0 Å². The third-order valence-electron chi connectivity index (χ3n) is 1.44. The number of carbonyl (C=O) groups is 1. The van der Waals surface area contributed by atoms with E-state index in [4.69, 9.17) is 5.73 Å². The van der Waals surface area contributed by atoms with Crippen molar-refractivity contribution in [1.82, 2.24) is 5.32 Å². The van der Waals surface area contributed by atoms with Gasteiger partial charge in [-0.3, -0.25) is 4.79 Å². The van der Waals surface area contributed by atoms with E-state index in [1.165, 1.54) is 0 Å². The third kappa shape index (κ3) is 7.73. The van der Waals surface area contributed by atoms with Gasteiger partial charge in [0, 0.05) is 12.8 Å². The molecule has 13 heavy (non-hydrogen) atoms. The maximum atomic E-state index is 10.9. The van der Waals surface area contributed by atoms with Crippen molar-refractivity contribution in [2.45, 2.75) is 6.92 Å². The van der Waals surface area contributed by atoms with E-state index in [2.05, 4.69) is 5.32 Å². The second-order valence-electron chi connectivity index (χ2n) is 3.22. The van der Waals surface area contributed by atoms with Crippen LogP contribution in [0.3, 0.4) is 0 Å². The van der Waals surface area contributed by atoms with Crippen molar-refractivity contribution in [3.05, 3.63) is 0 Å². The minimum Gasteiger partial charge on any atom is -0.355 e. The quantitative estimate of drug-likeness (QED) is 0.590. The average molecular weight is 208 g/mol. The van der Waals surface area contributed by atoms with Crippen LogP contribution >= 0.6 is 0 Å². The summed E-state index contributed by atoms with van der Waals surface area (Å²) < 4.78 is 21.3. The van der Waals surface area contributed by atoms with Gasteiger partial charge in [-0.25, -0.2) is 8.42 Å². The summed E-state index contributed by atoms with van der Waals surface area (Å²) in [6, 6.07) is 0. The van der Waals surface area contributed by atoms with Crippen LogP contribution < -0.4 is 11.1 Å². The highest BCUT2D eigenvalue weighted by Gasteiger charge is 2.10. The molecule has 6 heteroatoms. The van der Waals surface area contributed by atoms with Crippen LogP contribution in [0.1, 0.15) is 6.92 Å². The first-order chi connectivity index (χ1) is 5.85. The average Bonchev–Trinajstić information content (AvgIpc) is 1.97. The number of amides is 1. The number of nitrogens with two attached hydrogens (primary N) is 1. The second kappa shape index (κ2) is 5.18. The van der Waals surface area contributed by atoms with E-state index in [-0.39, 0.29) is 5.92 Å².